The van der Waals surface area contributed by atoms with E-state index in [2.05, 4.69) is 30.0 Å². The zero-order valence-corrected chi connectivity index (χ0v) is 12.3. The van der Waals surface area contributed by atoms with Crippen molar-refractivity contribution in [3.8, 4) is 5.75 Å². The van der Waals surface area contributed by atoms with Gasteiger partial charge in [0.2, 0.25) is 0 Å². The second kappa shape index (κ2) is 5.24. The summed E-state index contributed by atoms with van der Waals surface area (Å²) in [5, 5.41) is 10.1. The topological polar surface area (TPSA) is 40.5 Å². The first-order chi connectivity index (χ1) is 10.1. The maximum atomic E-state index is 11.4. The number of para-hydroxylation sites is 1. The van der Waals surface area contributed by atoms with Gasteiger partial charge in [-0.15, -0.1) is 0 Å². The molecular weight excluding hydrogens is 262 g/mol. The zero-order valence-electron chi connectivity index (χ0n) is 12.3. The van der Waals surface area contributed by atoms with Crippen LogP contribution >= 0.6 is 0 Å². The number of aromatic hydroxyl groups is 1. The Morgan fingerprint density at radius 1 is 1.24 bits per heavy atom. The molecule has 0 aromatic heterocycles. The van der Waals surface area contributed by atoms with Gasteiger partial charge in [-0.05, 0) is 50.5 Å². The fourth-order valence-electron chi connectivity index (χ4n) is 3.05. The quantitative estimate of drug-likeness (QED) is 0.844. The van der Waals surface area contributed by atoms with E-state index in [4.69, 9.17) is 0 Å². The molecule has 1 heterocycles. The van der Waals surface area contributed by atoms with Crippen LogP contribution in [0.15, 0.2) is 42.5 Å². The van der Waals surface area contributed by atoms with Gasteiger partial charge in [0.05, 0.1) is 5.56 Å². The predicted molar refractivity (Wildman–Crippen MR) is 84.5 cm³/mol. The Bertz CT molecular complexity index is 693. The van der Waals surface area contributed by atoms with Crippen LogP contribution in [0.4, 0.5) is 11.4 Å². The summed E-state index contributed by atoms with van der Waals surface area (Å²) in [6.07, 6.45) is 2.15. The number of fused-ring (bicyclic) bond motifs is 1. The van der Waals surface area contributed by atoms with Crippen LogP contribution in [-0.4, -0.2) is 16.9 Å². The lowest BCUT2D eigenvalue weighted by atomic mass is 9.95. The third-order valence-electron chi connectivity index (χ3n) is 4.16. The van der Waals surface area contributed by atoms with Crippen LogP contribution < -0.4 is 4.90 Å². The van der Waals surface area contributed by atoms with Crippen molar-refractivity contribution in [3.05, 3.63) is 53.6 Å². The number of hydrogen-bond donors (Lipinski definition) is 1. The third kappa shape index (κ3) is 2.40. The van der Waals surface area contributed by atoms with E-state index in [0.29, 0.717) is 11.6 Å². The molecule has 0 saturated carbocycles. The molecule has 108 valence electrons. The lowest BCUT2D eigenvalue weighted by Crippen LogP contribution is -2.33. The SMILES string of the molecule is CC(=O)c1ccc(N2c3ccccc3CCC2C)cc1O. The zero-order chi connectivity index (χ0) is 15.0. The number of carbonyl (C=O) groups excluding carboxylic acids is 1. The highest BCUT2D eigenvalue weighted by molar-refractivity contribution is 5.97. The molecule has 1 N–H and O–H groups in total. The van der Waals surface area contributed by atoms with Crippen LogP contribution in [0.1, 0.15) is 36.2 Å². The van der Waals surface area contributed by atoms with E-state index in [1.165, 1.54) is 18.2 Å². The molecule has 0 radical (unpaired) electrons. The smallest absolute Gasteiger partial charge is 0.163 e. The molecule has 1 aliphatic heterocycles. The number of rotatable bonds is 2. The molecule has 0 spiro atoms. The lowest BCUT2D eigenvalue weighted by molar-refractivity contribution is 0.101. The van der Waals surface area contributed by atoms with E-state index in [1.54, 1.807) is 12.1 Å². The molecule has 2 aromatic carbocycles. The minimum absolute atomic E-state index is 0.0512. The maximum absolute atomic E-state index is 11.4. The first kappa shape index (κ1) is 13.7. The number of Topliss-reactive ketones (excluding diaryl/α,β-unsaturated/α-hetero) is 1. The van der Waals surface area contributed by atoms with Crippen molar-refractivity contribution in [1.29, 1.82) is 0 Å². The van der Waals surface area contributed by atoms with Crippen molar-refractivity contribution in [1.82, 2.24) is 0 Å². The van der Waals surface area contributed by atoms with E-state index < -0.39 is 0 Å². The summed E-state index contributed by atoms with van der Waals surface area (Å²) in [5.41, 5.74) is 3.81. The number of phenols is 1. The molecule has 3 nitrogen and oxygen atoms in total. The molecule has 2 aromatic rings. The number of aryl methyl sites for hydroxylation is 1. The summed E-state index contributed by atoms with van der Waals surface area (Å²) >= 11 is 0. The van der Waals surface area contributed by atoms with E-state index in [9.17, 15) is 9.90 Å². The molecule has 0 fully saturated rings. The molecule has 1 unspecified atom stereocenters. The van der Waals surface area contributed by atoms with Crippen LogP contribution in [0.25, 0.3) is 0 Å². The minimum atomic E-state index is -0.119. The third-order valence-corrected chi connectivity index (χ3v) is 4.16. The van der Waals surface area contributed by atoms with E-state index in [-0.39, 0.29) is 11.5 Å². The highest BCUT2D eigenvalue weighted by Crippen LogP contribution is 2.38. The van der Waals surface area contributed by atoms with Crippen LogP contribution in [-0.2, 0) is 6.42 Å². The largest absolute Gasteiger partial charge is 0.507 e. The molecular formula is C18H19NO2. The number of anilines is 2. The first-order valence-electron chi connectivity index (χ1n) is 7.29. The average molecular weight is 281 g/mol. The van der Waals surface area contributed by atoms with Gasteiger partial charge in [-0.1, -0.05) is 18.2 Å². The van der Waals surface area contributed by atoms with Crippen LogP contribution in [0.5, 0.6) is 5.75 Å². The van der Waals surface area contributed by atoms with Gasteiger partial charge < -0.3 is 10.0 Å². The molecule has 1 atom stereocenters. The van der Waals surface area contributed by atoms with Crippen LogP contribution in [0, 0.1) is 0 Å². The Balaban J connectivity index is 2.07. The minimum Gasteiger partial charge on any atom is -0.507 e. The van der Waals surface area contributed by atoms with Gasteiger partial charge in [-0.3, -0.25) is 4.79 Å². The molecule has 1 aliphatic rings. The van der Waals surface area contributed by atoms with Crippen LogP contribution in [0.3, 0.4) is 0 Å². The van der Waals surface area contributed by atoms with Crippen molar-refractivity contribution in [3.63, 3.8) is 0 Å². The highest BCUT2D eigenvalue weighted by Gasteiger charge is 2.24. The van der Waals surface area contributed by atoms with Gasteiger partial charge >= 0.3 is 0 Å². The number of ketones is 1. The molecule has 0 bridgehead atoms. The lowest BCUT2D eigenvalue weighted by Gasteiger charge is -2.37. The van der Waals surface area contributed by atoms with Crippen molar-refractivity contribution >= 4 is 17.2 Å². The van der Waals surface area contributed by atoms with Gasteiger partial charge in [0, 0.05) is 23.5 Å². The molecule has 0 saturated heterocycles. The summed E-state index contributed by atoms with van der Waals surface area (Å²) in [6.45, 7) is 3.65. The number of benzene rings is 2. The maximum Gasteiger partial charge on any atom is 0.163 e. The van der Waals surface area contributed by atoms with E-state index in [0.717, 1.165) is 18.5 Å². The highest BCUT2D eigenvalue weighted by atomic mass is 16.3. The van der Waals surface area contributed by atoms with Crippen molar-refractivity contribution < 1.29 is 9.90 Å². The molecule has 0 amide bonds. The number of nitrogens with zero attached hydrogens (tertiary/aromatic N) is 1. The molecule has 0 aliphatic carbocycles. The van der Waals surface area contributed by atoms with Crippen LogP contribution in [0.2, 0.25) is 0 Å². The number of carbonyl (C=O) groups is 1. The van der Waals surface area contributed by atoms with Gasteiger partial charge in [-0.25, -0.2) is 0 Å². The fraction of sp³-hybridized carbons (Fsp3) is 0.278. The summed E-state index contributed by atoms with van der Waals surface area (Å²) < 4.78 is 0. The standard InChI is InChI=1S/C18H19NO2/c1-12-7-8-14-5-3-4-6-17(14)19(12)15-9-10-16(13(2)20)18(21)11-15/h3-6,9-12,21H,7-8H2,1-2H3. The Morgan fingerprint density at radius 3 is 2.71 bits per heavy atom. The predicted octanol–water partition coefficient (Wildman–Crippen LogP) is 4.07. The molecule has 3 rings (SSSR count). The second-order valence-electron chi connectivity index (χ2n) is 5.64. The summed E-state index contributed by atoms with van der Waals surface area (Å²) in [5.74, 6) is -0.0682. The van der Waals surface area contributed by atoms with Crippen molar-refractivity contribution in [2.45, 2.75) is 32.7 Å². The summed E-state index contributed by atoms with van der Waals surface area (Å²) in [7, 11) is 0. The molecule has 21 heavy (non-hydrogen) atoms. The van der Waals surface area contributed by atoms with Crippen molar-refractivity contribution in [2.75, 3.05) is 4.90 Å². The normalized spacial score (nSPS) is 17.4. The molecule has 3 heteroatoms. The first-order valence-corrected chi connectivity index (χ1v) is 7.29. The average Bonchev–Trinajstić information content (AvgIpc) is 2.46. The Hall–Kier alpha value is -2.29. The Kier molecular flexibility index (Phi) is 3.42. The Morgan fingerprint density at radius 2 is 2.00 bits per heavy atom. The summed E-state index contributed by atoms with van der Waals surface area (Å²) in [4.78, 5) is 13.7. The second-order valence-corrected chi connectivity index (χ2v) is 5.64. The summed E-state index contributed by atoms with van der Waals surface area (Å²) in [6, 6.07) is 14.0. The van der Waals surface area contributed by atoms with E-state index in [1.807, 2.05) is 12.1 Å². The van der Waals surface area contributed by atoms with Gasteiger partial charge in [0.25, 0.3) is 0 Å². The number of hydrogen-bond acceptors (Lipinski definition) is 3. The van der Waals surface area contributed by atoms with Gasteiger partial charge in [0.1, 0.15) is 5.75 Å². The fourth-order valence-corrected chi connectivity index (χ4v) is 3.05. The Labute approximate surface area is 124 Å². The van der Waals surface area contributed by atoms with E-state index >= 15 is 0 Å². The van der Waals surface area contributed by atoms with Gasteiger partial charge in [0.15, 0.2) is 5.78 Å². The number of phenolic OH excluding ortho intramolecular Hbond substituents is 1. The van der Waals surface area contributed by atoms with Gasteiger partial charge in [-0.2, -0.15) is 0 Å². The monoisotopic (exact) mass is 281 g/mol. The van der Waals surface area contributed by atoms with Crippen molar-refractivity contribution in [2.24, 2.45) is 0 Å².